The predicted molar refractivity (Wildman–Crippen MR) is 117 cm³/mol. The van der Waals surface area contributed by atoms with Crippen molar-refractivity contribution in [2.75, 3.05) is 30.3 Å². The Labute approximate surface area is 175 Å². The van der Waals surface area contributed by atoms with Crippen LogP contribution < -0.4 is 16.0 Å². The molecule has 0 bridgehead atoms. The van der Waals surface area contributed by atoms with Crippen LogP contribution in [0.5, 0.6) is 0 Å². The van der Waals surface area contributed by atoms with E-state index in [-0.39, 0.29) is 17.9 Å². The number of piperidine rings is 1. The molecule has 8 heteroatoms. The van der Waals surface area contributed by atoms with Crippen LogP contribution in [0.4, 0.5) is 16.2 Å². The van der Waals surface area contributed by atoms with E-state index in [1.54, 1.807) is 41.7 Å². The van der Waals surface area contributed by atoms with Gasteiger partial charge in [0.05, 0.1) is 10.7 Å². The number of urea groups is 1. The summed E-state index contributed by atoms with van der Waals surface area (Å²) in [5.74, 6) is 0.0736. The summed E-state index contributed by atoms with van der Waals surface area (Å²) in [5.41, 5.74) is 2.50. The van der Waals surface area contributed by atoms with Crippen molar-refractivity contribution < 1.29 is 9.59 Å². The molecule has 0 spiro atoms. The first kappa shape index (κ1) is 21.0. The Kier molecular flexibility index (Phi) is 7.37. The van der Waals surface area contributed by atoms with Crippen LogP contribution in [-0.2, 0) is 11.3 Å². The number of carbonyl (C=O) groups is 2. The van der Waals surface area contributed by atoms with E-state index < -0.39 is 0 Å². The van der Waals surface area contributed by atoms with Crippen molar-refractivity contribution in [2.45, 2.75) is 26.3 Å². The van der Waals surface area contributed by atoms with Crippen molar-refractivity contribution in [3.05, 3.63) is 53.0 Å². The fourth-order valence-electron chi connectivity index (χ4n) is 3.28. The highest BCUT2D eigenvalue weighted by atomic mass is 32.1. The molecule has 3 rings (SSSR count). The van der Waals surface area contributed by atoms with Gasteiger partial charge in [-0.25, -0.2) is 9.78 Å². The van der Waals surface area contributed by atoms with Gasteiger partial charge in [0.1, 0.15) is 0 Å². The van der Waals surface area contributed by atoms with Crippen LogP contribution in [0, 0.1) is 12.8 Å². The minimum atomic E-state index is -0.291. The summed E-state index contributed by atoms with van der Waals surface area (Å²) < 4.78 is 0. The van der Waals surface area contributed by atoms with Crippen molar-refractivity contribution in [1.29, 1.82) is 0 Å². The second-order valence-corrected chi connectivity index (χ2v) is 8.16. The summed E-state index contributed by atoms with van der Waals surface area (Å²) in [4.78, 5) is 31.1. The molecule has 0 saturated carbocycles. The Morgan fingerprint density at radius 2 is 1.86 bits per heavy atom. The average molecular weight is 414 g/mol. The van der Waals surface area contributed by atoms with Gasteiger partial charge in [0, 0.05) is 35.8 Å². The topological polar surface area (TPSA) is 86.4 Å². The number of thiazole rings is 1. The van der Waals surface area contributed by atoms with Crippen molar-refractivity contribution >= 4 is 34.6 Å². The number of hydrogen-bond donors (Lipinski definition) is 3. The van der Waals surface area contributed by atoms with Crippen molar-refractivity contribution in [3.8, 4) is 0 Å². The third kappa shape index (κ3) is 6.40. The number of hydrogen-bond acceptors (Lipinski definition) is 5. The van der Waals surface area contributed by atoms with Crippen LogP contribution in [0.15, 0.2) is 42.3 Å². The lowest BCUT2D eigenvalue weighted by Gasteiger charge is -2.30. The zero-order valence-corrected chi connectivity index (χ0v) is 17.4. The molecule has 29 heavy (non-hydrogen) atoms. The number of aryl methyl sites for hydroxylation is 1. The maximum absolute atomic E-state index is 12.6. The first-order chi connectivity index (χ1) is 14.0. The van der Waals surface area contributed by atoms with Crippen LogP contribution in [0.3, 0.4) is 0 Å². The summed E-state index contributed by atoms with van der Waals surface area (Å²) in [6, 6.07) is 6.83. The maximum Gasteiger partial charge on any atom is 0.319 e. The van der Waals surface area contributed by atoms with Gasteiger partial charge in [0.15, 0.2) is 0 Å². The Bertz CT molecular complexity index is 841. The number of nitrogens with one attached hydrogen (secondary N) is 3. The molecule has 2 aromatic rings. The lowest BCUT2D eigenvalue weighted by molar-refractivity contribution is -0.121. The molecule has 1 aliphatic heterocycles. The van der Waals surface area contributed by atoms with Gasteiger partial charge in [-0.15, -0.1) is 17.9 Å². The van der Waals surface area contributed by atoms with Crippen molar-refractivity contribution in [3.63, 3.8) is 0 Å². The van der Waals surface area contributed by atoms with Gasteiger partial charge in [-0.2, -0.15) is 0 Å². The molecule has 0 unspecified atom stereocenters. The minimum absolute atomic E-state index is 0.0194. The van der Waals surface area contributed by atoms with Gasteiger partial charge in [0.2, 0.25) is 5.91 Å². The normalized spacial score (nSPS) is 14.9. The van der Waals surface area contributed by atoms with E-state index in [0.29, 0.717) is 12.2 Å². The van der Waals surface area contributed by atoms with Gasteiger partial charge in [-0.3, -0.25) is 9.69 Å². The highest BCUT2D eigenvalue weighted by Gasteiger charge is 2.25. The van der Waals surface area contributed by atoms with Gasteiger partial charge in [-0.05, 0) is 57.1 Å². The molecule has 3 N–H and O–H groups in total. The summed E-state index contributed by atoms with van der Waals surface area (Å²) in [6.45, 7) is 8.63. The van der Waals surface area contributed by atoms with Gasteiger partial charge < -0.3 is 16.0 Å². The molecule has 1 aromatic heterocycles. The smallest absolute Gasteiger partial charge is 0.319 e. The highest BCUT2D eigenvalue weighted by Crippen LogP contribution is 2.22. The van der Waals surface area contributed by atoms with Gasteiger partial charge in [-0.1, -0.05) is 6.08 Å². The second-order valence-electron chi connectivity index (χ2n) is 7.10. The number of amides is 3. The lowest BCUT2D eigenvalue weighted by Crippen LogP contribution is -2.37. The molecule has 1 fully saturated rings. The van der Waals surface area contributed by atoms with Crippen LogP contribution in [0.25, 0.3) is 0 Å². The van der Waals surface area contributed by atoms with E-state index in [0.717, 1.165) is 48.9 Å². The quantitative estimate of drug-likeness (QED) is 0.605. The number of rotatable bonds is 7. The Hall–Kier alpha value is -2.71. The molecule has 0 aliphatic carbocycles. The van der Waals surface area contributed by atoms with E-state index >= 15 is 0 Å². The fourth-order valence-corrected chi connectivity index (χ4v) is 3.89. The SMILES string of the molecule is C=CCNC(=O)Nc1ccc(NC(=O)C2CCN(Cc3csc(C)n3)CC2)cc1. The van der Waals surface area contributed by atoms with E-state index in [2.05, 4.69) is 37.8 Å². The molecule has 1 aliphatic rings. The summed E-state index contributed by atoms with van der Waals surface area (Å²) in [6.07, 6.45) is 3.30. The van der Waals surface area contributed by atoms with Gasteiger partial charge >= 0.3 is 6.03 Å². The zero-order chi connectivity index (χ0) is 20.6. The van der Waals surface area contributed by atoms with Crippen LogP contribution in [0.1, 0.15) is 23.5 Å². The third-order valence-corrected chi connectivity index (χ3v) is 5.65. The molecule has 0 radical (unpaired) electrons. The number of carbonyl (C=O) groups excluding carboxylic acids is 2. The first-order valence-electron chi connectivity index (χ1n) is 9.73. The summed E-state index contributed by atoms with van der Waals surface area (Å²) in [5, 5.41) is 11.6. The molecule has 0 atom stereocenters. The number of benzene rings is 1. The molecule has 3 amide bonds. The molecule has 7 nitrogen and oxygen atoms in total. The summed E-state index contributed by atoms with van der Waals surface area (Å²) in [7, 11) is 0. The fraction of sp³-hybridized carbons (Fsp3) is 0.381. The molecular formula is C21H27N5O2S. The van der Waals surface area contributed by atoms with Crippen molar-refractivity contribution in [1.82, 2.24) is 15.2 Å². The Morgan fingerprint density at radius 3 is 2.45 bits per heavy atom. The first-order valence-corrected chi connectivity index (χ1v) is 10.6. The number of likely N-dealkylation sites (tertiary alicyclic amines) is 1. The van der Waals surface area contributed by atoms with E-state index in [4.69, 9.17) is 0 Å². The number of aromatic nitrogens is 1. The Morgan fingerprint density at radius 1 is 1.21 bits per heavy atom. The third-order valence-electron chi connectivity index (χ3n) is 4.83. The van der Waals surface area contributed by atoms with Gasteiger partial charge in [0.25, 0.3) is 0 Å². The largest absolute Gasteiger partial charge is 0.334 e. The van der Waals surface area contributed by atoms with Crippen LogP contribution >= 0.6 is 11.3 Å². The Balaban J connectivity index is 1.43. The predicted octanol–water partition coefficient (Wildman–Crippen LogP) is 3.61. The van der Waals surface area contributed by atoms with E-state index in [1.165, 1.54) is 0 Å². The lowest BCUT2D eigenvalue weighted by atomic mass is 9.95. The molecule has 154 valence electrons. The van der Waals surface area contributed by atoms with Crippen molar-refractivity contribution in [2.24, 2.45) is 5.92 Å². The molecular weight excluding hydrogens is 386 g/mol. The van der Waals surface area contributed by atoms with E-state index in [9.17, 15) is 9.59 Å². The standard InChI is InChI=1S/C21H27N5O2S/c1-3-10-22-21(28)25-18-6-4-17(5-7-18)24-20(27)16-8-11-26(12-9-16)13-19-14-29-15(2)23-19/h3-7,14,16H,1,8-13H2,2H3,(H,24,27)(H2,22,25,28). The van der Waals surface area contributed by atoms with Crippen LogP contribution in [0.2, 0.25) is 0 Å². The van der Waals surface area contributed by atoms with Crippen LogP contribution in [-0.4, -0.2) is 41.5 Å². The monoisotopic (exact) mass is 413 g/mol. The second kappa shape index (κ2) is 10.2. The average Bonchev–Trinajstić information content (AvgIpc) is 3.13. The zero-order valence-electron chi connectivity index (χ0n) is 16.6. The highest BCUT2D eigenvalue weighted by molar-refractivity contribution is 7.09. The minimum Gasteiger partial charge on any atom is -0.334 e. The molecule has 2 heterocycles. The number of anilines is 2. The van der Waals surface area contributed by atoms with E-state index in [1.807, 2.05) is 6.92 Å². The number of nitrogens with zero attached hydrogens (tertiary/aromatic N) is 2. The maximum atomic E-state index is 12.6. The molecule has 1 saturated heterocycles. The summed E-state index contributed by atoms with van der Waals surface area (Å²) >= 11 is 1.67. The molecule has 1 aromatic carbocycles.